The van der Waals surface area contributed by atoms with E-state index < -0.39 is 11.9 Å². The molecule has 1 aromatic carbocycles. The lowest BCUT2D eigenvalue weighted by molar-refractivity contribution is -0.138. The average Bonchev–Trinajstić information content (AvgIpc) is 2.92. The number of ether oxygens (including phenoxy) is 2. The first-order valence-electron chi connectivity index (χ1n) is 6.83. The van der Waals surface area contributed by atoms with Gasteiger partial charge >= 0.3 is 5.97 Å². The molecular formula is C16H17ClO4S. The third-order valence-corrected chi connectivity index (χ3v) is 4.55. The van der Waals surface area contributed by atoms with Gasteiger partial charge in [0.05, 0.1) is 24.0 Å². The summed E-state index contributed by atoms with van der Waals surface area (Å²) in [5.41, 5.74) is 0.872. The highest BCUT2D eigenvalue weighted by Crippen LogP contribution is 2.33. The Morgan fingerprint density at radius 3 is 2.64 bits per heavy atom. The number of halogens is 1. The van der Waals surface area contributed by atoms with Gasteiger partial charge in [0.2, 0.25) is 0 Å². The Balaban J connectivity index is 2.25. The van der Waals surface area contributed by atoms with Crippen LogP contribution in [0.15, 0.2) is 30.3 Å². The van der Waals surface area contributed by atoms with Crippen LogP contribution in [0.4, 0.5) is 0 Å². The van der Waals surface area contributed by atoms with E-state index >= 15 is 0 Å². The van der Waals surface area contributed by atoms with E-state index in [1.807, 2.05) is 19.1 Å². The number of methoxy groups -OCH3 is 1. The van der Waals surface area contributed by atoms with Gasteiger partial charge in [0.25, 0.3) is 0 Å². The number of rotatable bonds is 7. The third-order valence-electron chi connectivity index (χ3n) is 3.20. The first-order valence-corrected chi connectivity index (χ1v) is 8.02. The van der Waals surface area contributed by atoms with Crippen LogP contribution in [0.25, 0.3) is 0 Å². The SMILES string of the molecule is CCOc1ccc(CC(C(=O)O)c2ccc(Cl)s2)cc1OC. The van der Waals surface area contributed by atoms with Crippen molar-refractivity contribution in [3.8, 4) is 11.5 Å². The van der Waals surface area contributed by atoms with Crippen LogP contribution in [0.1, 0.15) is 23.3 Å². The Hall–Kier alpha value is -1.72. The second-order valence-corrected chi connectivity index (χ2v) is 6.40. The van der Waals surface area contributed by atoms with Crippen LogP contribution in [-0.2, 0) is 11.2 Å². The van der Waals surface area contributed by atoms with Crippen LogP contribution in [-0.4, -0.2) is 24.8 Å². The lowest BCUT2D eigenvalue weighted by Crippen LogP contribution is -2.13. The number of hydrogen-bond acceptors (Lipinski definition) is 4. The molecule has 1 heterocycles. The quantitative estimate of drug-likeness (QED) is 0.819. The van der Waals surface area contributed by atoms with Crippen molar-refractivity contribution in [1.82, 2.24) is 0 Å². The van der Waals surface area contributed by atoms with E-state index in [9.17, 15) is 9.90 Å². The molecule has 1 aromatic heterocycles. The summed E-state index contributed by atoms with van der Waals surface area (Å²) in [5.74, 6) is -0.237. The smallest absolute Gasteiger partial charge is 0.312 e. The van der Waals surface area contributed by atoms with Crippen molar-refractivity contribution < 1.29 is 19.4 Å². The number of carboxylic acid groups (broad SMARTS) is 1. The Labute approximate surface area is 138 Å². The highest BCUT2D eigenvalue weighted by molar-refractivity contribution is 7.16. The van der Waals surface area contributed by atoms with Crippen molar-refractivity contribution in [3.05, 3.63) is 45.1 Å². The number of carbonyl (C=O) groups is 1. The summed E-state index contributed by atoms with van der Waals surface area (Å²) < 4.78 is 11.4. The van der Waals surface area contributed by atoms with Gasteiger partial charge in [-0.3, -0.25) is 4.79 Å². The van der Waals surface area contributed by atoms with E-state index in [4.69, 9.17) is 21.1 Å². The molecule has 0 aliphatic heterocycles. The first kappa shape index (κ1) is 16.6. The van der Waals surface area contributed by atoms with Crippen LogP contribution in [0.3, 0.4) is 0 Å². The lowest BCUT2D eigenvalue weighted by atomic mass is 9.97. The Bertz CT molecular complexity index is 653. The minimum absolute atomic E-state index is 0.370. The van der Waals surface area contributed by atoms with Crippen molar-refractivity contribution in [2.75, 3.05) is 13.7 Å². The molecule has 1 atom stereocenters. The maximum absolute atomic E-state index is 11.5. The fraction of sp³-hybridized carbons (Fsp3) is 0.312. The molecular weight excluding hydrogens is 324 g/mol. The Morgan fingerprint density at radius 2 is 2.09 bits per heavy atom. The summed E-state index contributed by atoms with van der Waals surface area (Å²) in [4.78, 5) is 12.3. The Kier molecular flexibility index (Phi) is 5.69. The second kappa shape index (κ2) is 7.51. The number of aliphatic carboxylic acids is 1. The predicted molar refractivity (Wildman–Crippen MR) is 87.6 cm³/mol. The maximum atomic E-state index is 11.5. The first-order chi connectivity index (χ1) is 10.5. The molecule has 22 heavy (non-hydrogen) atoms. The monoisotopic (exact) mass is 340 g/mol. The summed E-state index contributed by atoms with van der Waals surface area (Å²) >= 11 is 7.20. The summed E-state index contributed by atoms with van der Waals surface area (Å²) in [6.45, 7) is 2.44. The summed E-state index contributed by atoms with van der Waals surface area (Å²) in [6, 6.07) is 8.96. The molecule has 0 fully saturated rings. The van der Waals surface area contributed by atoms with Gasteiger partial charge in [0, 0.05) is 4.88 Å². The largest absolute Gasteiger partial charge is 0.493 e. The molecule has 0 aliphatic rings. The highest BCUT2D eigenvalue weighted by atomic mass is 35.5. The van der Waals surface area contributed by atoms with E-state index in [1.165, 1.54) is 11.3 Å². The molecule has 0 bridgehead atoms. The fourth-order valence-electron chi connectivity index (χ4n) is 2.17. The van der Waals surface area contributed by atoms with Gasteiger partial charge in [-0.1, -0.05) is 17.7 Å². The van der Waals surface area contributed by atoms with Gasteiger partial charge in [-0.2, -0.15) is 0 Å². The van der Waals surface area contributed by atoms with Gasteiger partial charge in [0.1, 0.15) is 0 Å². The highest BCUT2D eigenvalue weighted by Gasteiger charge is 2.22. The number of thiophene rings is 1. The maximum Gasteiger partial charge on any atom is 0.312 e. The van der Waals surface area contributed by atoms with E-state index in [2.05, 4.69) is 0 Å². The number of carboxylic acids is 1. The van der Waals surface area contributed by atoms with Crippen LogP contribution in [0, 0.1) is 0 Å². The van der Waals surface area contributed by atoms with E-state index in [0.717, 1.165) is 10.4 Å². The molecule has 1 N–H and O–H groups in total. The van der Waals surface area contributed by atoms with Crippen molar-refractivity contribution in [3.63, 3.8) is 0 Å². The van der Waals surface area contributed by atoms with E-state index in [0.29, 0.717) is 28.9 Å². The molecule has 0 amide bonds. The molecule has 4 nitrogen and oxygen atoms in total. The lowest BCUT2D eigenvalue weighted by Gasteiger charge is -2.14. The van der Waals surface area contributed by atoms with Crippen LogP contribution in [0.2, 0.25) is 4.34 Å². The molecule has 0 radical (unpaired) electrons. The molecule has 0 aliphatic carbocycles. The average molecular weight is 341 g/mol. The van der Waals surface area contributed by atoms with Crippen molar-refractivity contribution in [2.24, 2.45) is 0 Å². The molecule has 0 spiro atoms. The van der Waals surface area contributed by atoms with E-state index in [1.54, 1.807) is 25.3 Å². The molecule has 2 aromatic rings. The predicted octanol–water partition coefficient (Wildman–Crippen LogP) is 4.22. The molecule has 0 saturated heterocycles. The topological polar surface area (TPSA) is 55.8 Å². The van der Waals surface area contributed by atoms with Gasteiger partial charge in [-0.25, -0.2) is 0 Å². The van der Waals surface area contributed by atoms with Crippen LogP contribution in [0.5, 0.6) is 11.5 Å². The van der Waals surface area contributed by atoms with Gasteiger partial charge in [0.15, 0.2) is 11.5 Å². The van der Waals surface area contributed by atoms with Crippen LogP contribution >= 0.6 is 22.9 Å². The molecule has 2 rings (SSSR count). The van der Waals surface area contributed by atoms with Crippen molar-refractivity contribution in [1.29, 1.82) is 0 Å². The summed E-state index contributed by atoms with van der Waals surface area (Å²) in [7, 11) is 1.56. The normalized spacial score (nSPS) is 12.0. The van der Waals surface area contributed by atoms with E-state index in [-0.39, 0.29) is 0 Å². The summed E-state index contributed by atoms with van der Waals surface area (Å²) in [6.07, 6.45) is 0.370. The third kappa shape index (κ3) is 3.93. The molecule has 1 unspecified atom stereocenters. The molecule has 118 valence electrons. The fourth-order valence-corrected chi connectivity index (χ4v) is 3.33. The number of benzene rings is 1. The zero-order chi connectivity index (χ0) is 16.1. The second-order valence-electron chi connectivity index (χ2n) is 4.66. The van der Waals surface area contributed by atoms with Gasteiger partial charge < -0.3 is 14.6 Å². The Morgan fingerprint density at radius 1 is 1.32 bits per heavy atom. The molecule has 6 heteroatoms. The van der Waals surface area contributed by atoms with Crippen molar-refractivity contribution in [2.45, 2.75) is 19.3 Å². The number of hydrogen-bond donors (Lipinski definition) is 1. The zero-order valence-electron chi connectivity index (χ0n) is 12.3. The molecule has 0 saturated carbocycles. The van der Waals surface area contributed by atoms with Gasteiger partial charge in [-0.15, -0.1) is 11.3 Å². The zero-order valence-corrected chi connectivity index (χ0v) is 13.9. The summed E-state index contributed by atoms with van der Waals surface area (Å²) in [5, 5.41) is 9.47. The van der Waals surface area contributed by atoms with Crippen LogP contribution < -0.4 is 9.47 Å². The minimum atomic E-state index is -0.869. The standard InChI is InChI=1S/C16H17ClO4S/c1-3-21-12-5-4-10(9-13(12)20-2)8-11(16(18)19)14-6-7-15(17)22-14/h4-7,9,11H,3,8H2,1-2H3,(H,18,19). The van der Waals surface area contributed by atoms with Crippen molar-refractivity contribution >= 4 is 28.9 Å². The van der Waals surface area contributed by atoms with Gasteiger partial charge in [-0.05, 0) is 43.2 Å². The minimum Gasteiger partial charge on any atom is -0.493 e.